The average molecular weight is 480 g/mol. The highest BCUT2D eigenvalue weighted by Crippen LogP contribution is 2.32. The van der Waals surface area contributed by atoms with Gasteiger partial charge in [0.05, 0.1) is 6.20 Å². The molecule has 9 heteroatoms. The number of piperidine rings is 1. The molecular formula is C26H23F3N4O2. The fourth-order valence-corrected chi connectivity index (χ4v) is 4.66. The summed E-state index contributed by atoms with van der Waals surface area (Å²) >= 11 is 0. The second-order valence-electron chi connectivity index (χ2n) is 8.68. The molecule has 180 valence electrons. The van der Waals surface area contributed by atoms with Crippen molar-refractivity contribution in [2.24, 2.45) is 0 Å². The molecule has 2 aromatic heterocycles. The van der Waals surface area contributed by atoms with Crippen LogP contribution in [0.3, 0.4) is 0 Å². The van der Waals surface area contributed by atoms with Crippen molar-refractivity contribution >= 4 is 16.9 Å². The van der Waals surface area contributed by atoms with Crippen LogP contribution in [0.5, 0.6) is 5.75 Å². The predicted octanol–water partition coefficient (Wildman–Crippen LogP) is 5.85. The number of benzene rings is 2. The maximum Gasteiger partial charge on any atom is 0.573 e. The van der Waals surface area contributed by atoms with E-state index in [-0.39, 0.29) is 17.6 Å². The molecule has 1 aliphatic rings. The molecule has 0 aliphatic carbocycles. The quantitative estimate of drug-likeness (QED) is 0.398. The van der Waals surface area contributed by atoms with Crippen molar-refractivity contribution in [1.82, 2.24) is 20.1 Å². The molecule has 5 rings (SSSR count). The zero-order valence-corrected chi connectivity index (χ0v) is 19.0. The normalized spacial score (nSPS) is 16.5. The number of amides is 1. The monoisotopic (exact) mass is 480 g/mol. The van der Waals surface area contributed by atoms with E-state index in [0.717, 1.165) is 40.7 Å². The number of aromatic amines is 1. The molecule has 1 fully saturated rings. The molecule has 0 radical (unpaired) electrons. The predicted molar refractivity (Wildman–Crippen MR) is 125 cm³/mol. The number of carbonyl (C=O) groups is 1. The minimum Gasteiger partial charge on any atom is -0.406 e. The number of aromatic nitrogens is 3. The lowest BCUT2D eigenvalue weighted by atomic mass is 9.92. The number of rotatable bonds is 4. The van der Waals surface area contributed by atoms with Gasteiger partial charge in [-0.2, -0.15) is 5.10 Å². The van der Waals surface area contributed by atoms with Crippen LogP contribution in [0.25, 0.3) is 22.2 Å². The van der Waals surface area contributed by atoms with Crippen molar-refractivity contribution in [3.8, 4) is 16.9 Å². The number of fused-ring (bicyclic) bond motifs is 1. The number of nitrogens with one attached hydrogen (secondary N) is 1. The first kappa shape index (κ1) is 22.9. The van der Waals surface area contributed by atoms with Crippen LogP contribution < -0.4 is 4.74 Å². The summed E-state index contributed by atoms with van der Waals surface area (Å²) in [4.78, 5) is 20.1. The molecule has 1 N–H and O–H groups in total. The fraction of sp³-hybridized carbons (Fsp3) is 0.269. The van der Waals surface area contributed by atoms with Gasteiger partial charge < -0.3 is 9.64 Å². The average Bonchev–Trinajstić information content (AvgIpc) is 3.32. The Labute approximate surface area is 199 Å². The molecule has 0 unspecified atom stereocenters. The molecule has 1 aliphatic heterocycles. The summed E-state index contributed by atoms with van der Waals surface area (Å²) in [5.74, 6) is -0.217. The van der Waals surface area contributed by atoms with Gasteiger partial charge in [0.1, 0.15) is 5.75 Å². The number of hydrogen-bond donors (Lipinski definition) is 1. The van der Waals surface area contributed by atoms with Gasteiger partial charge in [0.25, 0.3) is 5.91 Å². The number of pyridine rings is 1. The number of nitrogens with zero attached hydrogens (tertiary/aromatic N) is 3. The molecule has 35 heavy (non-hydrogen) atoms. The van der Waals surface area contributed by atoms with Crippen molar-refractivity contribution in [3.63, 3.8) is 0 Å². The Bertz CT molecular complexity index is 1370. The Hall–Kier alpha value is -3.88. The number of alkyl halides is 3. The van der Waals surface area contributed by atoms with Crippen molar-refractivity contribution < 1.29 is 22.7 Å². The van der Waals surface area contributed by atoms with Crippen LogP contribution in [-0.4, -0.2) is 45.4 Å². The van der Waals surface area contributed by atoms with E-state index in [1.54, 1.807) is 30.5 Å². The molecule has 0 saturated carbocycles. The van der Waals surface area contributed by atoms with E-state index in [2.05, 4.69) is 19.9 Å². The Kier molecular flexibility index (Phi) is 5.92. The molecule has 1 saturated heterocycles. The van der Waals surface area contributed by atoms with Gasteiger partial charge >= 0.3 is 6.36 Å². The van der Waals surface area contributed by atoms with E-state index in [0.29, 0.717) is 24.2 Å². The van der Waals surface area contributed by atoms with Crippen LogP contribution in [0.15, 0.2) is 60.8 Å². The lowest BCUT2D eigenvalue weighted by Crippen LogP contribution is -2.39. The first-order valence-electron chi connectivity index (χ1n) is 11.3. The Morgan fingerprint density at radius 1 is 1.11 bits per heavy atom. The fourth-order valence-electron chi connectivity index (χ4n) is 4.66. The SMILES string of the molecule is Cc1c(C(=O)N2CCC[C@H](c3ccc4cn[nH]c4n3)C2)cccc1-c1ccc(OC(F)(F)F)cc1. The van der Waals surface area contributed by atoms with Crippen molar-refractivity contribution in [2.75, 3.05) is 13.1 Å². The number of hydrogen-bond acceptors (Lipinski definition) is 4. The van der Waals surface area contributed by atoms with E-state index in [1.807, 2.05) is 30.0 Å². The van der Waals surface area contributed by atoms with Crippen LogP contribution in [0.1, 0.15) is 40.4 Å². The first-order chi connectivity index (χ1) is 16.8. The van der Waals surface area contributed by atoms with Crippen LogP contribution in [0, 0.1) is 6.92 Å². The molecule has 0 spiro atoms. The summed E-state index contributed by atoms with van der Waals surface area (Å²) in [6.45, 7) is 3.09. The standard InChI is InChI=1S/C26H23F3N4O2/c1-16-21(17-7-10-20(11-8-17)35-26(27,28)29)5-2-6-22(16)25(34)33-13-3-4-19(15-33)23-12-9-18-14-30-32-24(18)31-23/h2,5-12,14,19H,3-4,13,15H2,1H3,(H,30,31,32)/t19-/m0/s1. The van der Waals surface area contributed by atoms with E-state index in [4.69, 9.17) is 0 Å². The topological polar surface area (TPSA) is 71.1 Å². The van der Waals surface area contributed by atoms with E-state index < -0.39 is 6.36 Å². The molecule has 3 heterocycles. The summed E-state index contributed by atoms with van der Waals surface area (Å²) in [6.07, 6.45) is -1.19. The third kappa shape index (κ3) is 4.84. The van der Waals surface area contributed by atoms with Gasteiger partial charge in [0.2, 0.25) is 0 Å². The Morgan fingerprint density at radius 2 is 1.91 bits per heavy atom. The zero-order chi connectivity index (χ0) is 24.6. The van der Waals surface area contributed by atoms with Crippen LogP contribution in [0.4, 0.5) is 13.2 Å². The van der Waals surface area contributed by atoms with E-state index in [9.17, 15) is 18.0 Å². The van der Waals surface area contributed by atoms with Gasteiger partial charge in [-0.25, -0.2) is 4.98 Å². The van der Waals surface area contributed by atoms with Gasteiger partial charge in [-0.05, 0) is 66.8 Å². The number of ether oxygens (including phenoxy) is 1. The summed E-state index contributed by atoms with van der Waals surface area (Å²) < 4.78 is 41.4. The number of carbonyl (C=O) groups excluding carboxylic acids is 1. The highest BCUT2D eigenvalue weighted by Gasteiger charge is 2.31. The smallest absolute Gasteiger partial charge is 0.406 e. The number of H-pyrrole nitrogens is 1. The second kappa shape index (κ2) is 9.05. The maximum absolute atomic E-state index is 13.5. The lowest BCUT2D eigenvalue weighted by molar-refractivity contribution is -0.274. The third-order valence-corrected chi connectivity index (χ3v) is 6.41. The molecule has 4 aromatic rings. The minimum absolute atomic E-state index is 0.0614. The van der Waals surface area contributed by atoms with Gasteiger partial charge in [-0.15, -0.1) is 13.2 Å². The Morgan fingerprint density at radius 3 is 2.69 bits per heavy atom. The van der Waals surface area contributed by atoms with Gasteiger partial charge in [0.15, 0.2) is 5.65 Å². The van der Waals surface area contributed by atoms with Crippen LogP contribution in [0.2, 0.25) is 0 Å². The van der Waals surface area contributed by atoms with E-state index in [1.165, 1.54) is 12.1 Å². The number of halogens is 3. The number of likely N-dealkylation sites (tertiary alicyclic amines) is 1. The van der Waals surface area contributed by atoms with Gasteiger partial charge in [-0.1, -0.05) is 24.3 Å². The van der Waals surface area contributed by atoms with Gasteiger partial charge in [-0.3, -0.25) is 9.89 Å². The largest absolute Gasteiger partial charge is 0.573 e. The Balaban J connectivity index is 1.36. The minimum atomic E-state index is -4.74. The van der Waals surface area contributed by atoms with Crippen LogP contribution in [-0.2, 0) is 0 Å². The molecule has 1 atom stereocenters. The van der Waals surface area contributed by atoms with E-state index >= 15 is 0 Å². The van der Waals surface area contributed by atoms with Crippen LogP contribution >= 0.6 is 0 Å². The molecular weight excluding hydrogens is 457 g/mol. The van der Waals surface area contributed by atoms with Crippen molar-refractivity contribution in [2.45, 2.75) is 32.0 Å². The maximum atomic E-state index is 13.5. The molecule has 0 bridgehead atoms. The van der Waals surface area contributed by atoms with Crippen molar-refractivity contribution in [1.29, 1.82) is 0 Å². The first-order valence-corrected chi connectivity index (χ1v) is 11.3. The summed E-state index contributed by atoms with van der Waals surface area (Å²) in [5, 5.41) is 7.87. The molecule has 1 amide bonds. The summed E-state index contributed by atoms with van der Waals surface area (Å²) in [5.41, 5.74) is 4.53. The lowest BCUT2D eigenvalue weighted by Gasteiger charge is -2.33. The van der Waals surface area contributed by atoms with Crippen molar-refractivity contribution in [3.05, 3.63) is 77.6 Å². The summed E-state index contributed by atoms with van der Waals surface area (Å²) in [7, 11) is 0. The third-order valence-electron chi connectivity index (χ3n) is 6.41. The van der Waals surface area contributed by atoms with Gasteiger partial charge in [0, 0.05) is 35.7 Å². The zero-order valence-electron chi connectivity index (χ0n) is 19.0. The molecule has 2 aromatic carbocycles. The summed E-state index contributed by atoms with van der Waals surface area (Å²) in [6, 6.07) is 15.1. The highest BCUT2D eigenvalue weighted by molar-refractivity contribution is 5.97. The second-order valence-corrected chi connectivity index (χ2v) is 8.68. The highest BCUT2D eigenvalue weighted by atomic mass is 19.4. The molecule has 6 nitrogen and oxygen atoms in total.